The van der Waals surface area contributed by atoms with Gasteiger partial charge < -0.3 is 15.3 Å². The van der Waals surface area contributed by atoms with Gasteiger partial charge in [0.1, 0.15) is 23.0 Å². The molecule has 0 radical (unpaired) electrons. The van der Waals surface area contributed by atoms with Crippen molar-refractivity contribution in [2.24, 2.45) is 5.73 Å². The Balaban J connectivity index is 1.56. The maximum absolute atomic E-state index is 14.4. The van der Waals surface area contributed by atoms with E-state index in [1.54, 1.807) is 30.3 Å². The Labute approximate surface area is 238 Å². The van der Waals surface area contributed by atoms with Crippen LogP contribution in [0.15, 0.2) is 63.5 Å². The summed E-state index contributed by atoms with van der Waals surface area (Å²) >= 11 is 3.25. The molecule has 1 aliphatic carbocycles. The number of anilines is 1. The molecule has 11 heteroatoms. The molecule has 0 saturated heterocycles. The fraction of sp³-hybridized carbons (Fsp3) is 0.276. The van der Waals surface area contributed by atoms with Crippen LogP contribution in [0.3, 0.4) is 0 Å². The molecule has 0 bridgehead atoms. The quantitative estimate of drug-likeness (QED) is 0.225. The Hall–Kier alpha value is -3.28. The predicted molar refractivity (Wildman–Crippen MR) is 152 cm³/mol. The zero-order chi connectivity index (χ0) is 28.8. The number of hydrogen-bond acceptors (Lipinski definition) is 5. The maximum Gasteiger partial charge on any atom is 0.252 e. The lowest BCUT2D eigenvalue weighted by atomic mass is 10.00. The van der Waals surface area contributed by atoms with Crippen molar-refractivity contribution in [1.82, 2.24) is 0 Å². The van der Waals surface area contributed by atoms with Crippen LogP contribution in [0.2, 0.25) is 0 Å². The van der Waals surface area contributed by atoms with Crippen LogP contribution in [0.4, 0.5) is 14.5 Å². The number of rotatable bonds is 10. The van der Waals surface area contributed by atoms with Crippen molar-refractivity contribution in [2.75, 3.05) is 17.1 Å². The maximum atomic E-state index is 14.4. The first-order chi connectivity index (χ1) is 18.9. The summed E-state index contributed by atoms with van der Waals surface area (Å²) in [5.74, 6) is -1.32. The van der Waals surface area contributed by atoms with Gasteiger partial charge in [0.15, 0.2) is 0 Å². The van der Waals surface area contributed by atoms with Crippen molar-refractivity contribution in [1.29, 1.82) is 0 Å². The van der Waals surface area contributed by atoms with Gasteiger partial charge in [-0.25, -0.2) is 17.2 Å². The molecule has 1 heterocycles. The summed E-state index contributed by atoms with van der Waals surface area (Å²) in [4.78, 5) is 12.5. The Kier molecular flexibility index (Phi) is 7.73. The first-order valence-electron chi connectivity index (χ1n) is 12.7. The summed E-state index contributed by atoms with van der Waals surface area (Å²) in [6.45, 7) is -0.127. The van der Waals surface area contributed by atoms with E-state index < -0.39 is 33.7 Å². The molecule has 1 fully saturated rings. The number of amides is 1. The number of carbonyl (C=O) groups is 1. The summed E-state index contributed by atoms with van der Waals surface area (Å²) in [7, 11) is -3.84. The minimum Gasteiger partial charge on any atom is -0.460 e. The molecule has 1 saturated carbocycles. The largest absolute Gasteiger partial charge is 0.460 e. The molecule has 3 N–H and O–H groups in total. The number of nitrogens with two attached hydrogens (primary N) is 1. The second kappa shape index (κ2) is 10.9. The van der Waals surface area contributed by atoms with Crippen LogP contribution in [-0.4, -0.2) is 32.2 Å². The topological polar surface area (TPSA) is 114 Å². The molecule has 1 unspecified atom stereocenters. The third-order valence-corrected chi connectivity index (χ3v) is 8.93. The second-order valence-electron chi connectivity index (χ2n) is 10.0. The normalized spacial score (nSPS) is 14.4. The standard InChI is InChI=1S/C29H27BrF2N2O5S/c1-40(37,38)34(12-11-24(35)28-21(30)3-2-4-22(28)32)23-15-25-20(14-19(23)17-7-8-17)27(29(33)36)26(39-25)13-16-5-9-18(31)10-6-16/h2-6,9-10,14-15,17,24,35H,7-8,11-13H2,1H3,(H2,33,36). The molecule has 5 rings (SSSR count). The van der Waals surface area contributed by atoms with E-state index in [1.165, 1.54) is 28.6 Å². The van der Waals surface area contributed by atoms with Gasteiger partial charge in [-0.1, -0.05) is 34.1 Å². The highest BCUT2D eigenvalue weighted by atomic mass is 79.9. The minimum absolute atomic E-state index is 0.0522. The number of primary amides is 1. The third-order valence-electron chi connectivity index (χ3n) is 7.06. The molecule has 4 aromatic rings. The van der Waals surface area contributed by atoms with Gasteiger partial charge in [0.05, 0.1) is 23.6 Å². The molecule has 0 spiro atoms. The number of nitrogens with zero attached hydrogens (tertiary/aromatic N) is 1. The van der Waals surface area contributed by atoms with Crippen molar-refractivity contribution in [3.05, 3.63) is 98.7 Å². The number of benzene rings is 3. The Bertz CT molecular complexity index is 1680. The summed E-state index contributed by atoms with van der Waals surface area (Å²) in [5.41, 5.74) is 8.06. The van der Waals surface area contributed by atoms with Gasteiger partial charge in [0.25, 0.3) is 5.91 Å². The van der Waals surface area contributed by atoms with Gasteiger partial charge in [-0.15, -0.1) is 0 Å². The lowest BCUT2D eigenvalue weighted by Gasteiger charge is -2.26. The summed E-state index contributed by atoms with van der Waals surface area (Å²) in [6.07, 6.45) is 1.59. The Morgan fingerprint density at radius 2 is 1.88 bits per heavy atom. The van der Waals surface area contributed by atoms with Crippen LogP contribution in [0.1, 0.15) is 64.1 Å². The van der Waals surface area contributed by atoms with Crippen molar-refractivity contribution >= 4 is 48.5 Å². The molecule has 7 nitrogen and oxygen atoms in total. The van der Waals surface area contributed by atoms with Crippen molar-refractivity contribution < 1.29 is 31.5 Å². The van der Waals surface area contributed by atoms with E-state index in [-0.39, 0.29) is 42.0 Å². The SMILES string of the molecule is CS(=O)(=O)N(CCC(O)c1c(F)cccc1Br)c1cc2oc(Cc3ccc(F)cc3)c(C(N)=O)c2cc1C1CC1. The summed E-state index contributed by atoms with van der Waals surface area (Å²) in [5, 5.41) is 11.3. The molecule has 1 aromatic heterocycles. The van der Waals surface area contributed by atoms with Gasteiger partial charge >= 0.3 is 0 Å². The van der Waals surface area contributed by atoms with Crippen molar-refractivity contribution in [3.63, 3.8) is 0 Å². The van der Waals surface area contributed by atoms with Crippen LogP contribution < -0.4 is 10.0 Å². The van der Waals surface area contributed by atoms with E-state index in [0.29, 0.717) is 26.9 Å². The zero-order valence-electron chi connectivity index (χ0n) is 21.5. The molecule has 1 atom stereocenters. The van der Waals surface area contributed by atoms with Crippen LogP contribution in [0.5, 0.6) is 0 Å². The number of sulfonamides is 1. The Morgan fingerprint density at radius 1 is 1.18 bits per heavy atom. The number of fused-ring (bicyclic) bond motifs is 1. The van der Waals surface area contributed by atoms with Gasteiger partial charge in [0.2, 0.25) is 10.0 Å². The fourth-order valence-corrected chi connectivity index (χ4v) is 6.56. The number of aliphatic hydroxyl groups excluding tert-OH is 1. The smallest absolute Gasteiger partial charge is 0.252 e. The monoisotopic (exact) mass is 632 g/mol. The highest BCUT2D eigenvalue weighted by Crippen LogP contribution is 2.47. The van der Waals surface area contributed by atoms with Gasteiger partial charge in [-0.2, -0.15) is 0 Å². The second-order valence-corrected chi connectivity index (χ2v) is 12.8. The number of halogens is 3. The van der Waals surface area contributed by atoms with Crippen molar-refractivity contribution in [3.8, 4) is 0 Å². The molecule has 0 aliphatic heterocycles. The molecule has 1 amide bonds. The van der Waals surface area contributed by atoms with E-state index in [1.807, 2.05) is 0 Å². The van der Waals surface area contributed by atoms with Crippen molar-refractivity contribution in [2.45, 2.75) is 37.7 Å². The highest BCUT2D eigenvalue weighted by Gasteiger charge is 2.33. The lowest BCUT2D eigenvalue weighted by molar-refractivity contribution is 0.1000. The summed E-state index contributed by atoms with van der Waals surface area (Å²) < 4.78 is 61.5. The van der Waals surface area contributed by atoms with E-state index in [2.05, 4.69) is 15.9 Å². The molecule has 3 aromatic carbocycles. The number of carbonyl (C=O) groups excluding carboxylic acids is 1. The molecule has 1 aliphatic rings. The number of aliphatic hydroxyl groups is 1. The van der Waals surface area contributed by atoms with E-state index in [4.69, 9.17) is 10.2 Å². The minimum atomic E-state index is -3.84. The molecule has 210 valence electrons. The van der Waals surface area contributed by atoms with Crippen LogP contribution in [0, 0.1) is 11.6 Å². The van der Waals surface area contributed by atoms with Gasteiger partial charge in [-0.05, 0) is 66.6 Å². The van der Waals surface area contributed by atoms with Gasteiger partial charge in [0, 0.05) is 34.5 Å². The molecular formula is C29H27BrF2N2O5S. The van der Waals surface area contributed by atoms with Gasteiger partial charge in [-0.3, -0.25) is 9.10 Å². The first-order valence-corrected chi connectivity index (χ1v) is 15.3. The first kappa shape index (κ1) is 28.3. The van der Waals surface area contributed by atoms with E-state index >= 15 is 0 Å². The average molecular weight is 634 g/mol. The highest BCUT2D eigenvalue weighted by molar-refractivity contribution is 9.10. The molecular weight excluding hydrogens is 606 g/mol. The number of hydrogen-bond donors (Lipinski definition) is 2. The van der Waals surface area contributed by atoms with Crippen LogP contribution >= 0.6 is 15.9 Å². The van der Waals surface area contributed by atoms with E-state index in [9.17, 15) is 27.1 Å². The van der Waals surface area contributed by atoms with Crippen LogP contribution in [-0.2, 0) is 16.4 Å². The molecule has 40 heavy (non-hydrogen) atoms. The summed E-state index contributed by atoms with van der Waals surface area (Å²) in [6, 6.07) is 13.5. The average Bonchev–Trinajstić information content (AvgIpc) is 3.65. The predicted octanol–water partition coefficient (Wildman–Crippen LogP) is 5.93. The van der Waals surface area contributed by atoms with E-state index in [0.717, 1.165) is 24.7 Å². The Morgan fingerprint density at radius 3 is 2.48 bits per heavy atom. The van der Waals surface area contributed by atoms with Crippen LogP contribution in [0.25, 0.3) is 11.0 Å². The third kappa shape index (κ3) is 5.77. The zero-order valence-corrected chi connectivity index (χ0v) is 23.9. The lowest BCUT2D eigenvalue weighted by Crippen LogP contribution is -2.32. The number of furan rings is 1. The fourth-order valence-electron chi connectivity index (χ4n) is 5.00.